The smallest absolute Gasteiger partial charge is 0.0541 e. The van der Waals surface area contributed by atoms with E-state index in [0.29, 0.717) is 0 Å². The Hall–Kier alpha value is -7.68. The lowest BCUT2D eigenvalue weighted by Gasteiger charge is -2.26. The van der Waals surface area contributed by atoms with Crippen molar-refractivity contribution < 1.29 is 0 Å². The zero-order valence-electron chi connectivity index (χ0n) is 31.8. The zero-order chi connectivity index (χ0) is 38.4. The third-order valence-electron chi connectivity index (χ3n) is 11.6. The number of benzene rings is 10. The maximum Gasteiger partial charge on any atom is 0.0541 e. The lowest BCUT2D eigenvalue weighted by molar-refractivity contribution is 1.17. The molecule has 0 unspecified atom stereocenters. The number of fused-ring (bicyclic) bond motifs is 5. The summed E-state index contributed by atoms with van der Waals surface area (Å²) in [5.74, 6) is 0. The Kier molecular flexibility index (Phi) is 8.19. The monoisotopic (exact) mass is 738 g/mol. The van der Waals surface area contributed by atoms with Crippen molar-refractivity contribution in [1.82, 2.24) is 4.57 Å². The van der Waals surface area contributed by atoms with Gasteiger partial charge in [-0.25, -0.2) is 0 Å². The maximum absolute atomic E-state index is 2.37. The van der Waals surface area contributed by atoms with Gasteiger partial charge in [-0.15, -0.1) is 0 Å². The molecule has 11 rings (SSSR count). The van der Waals surface area contributed by atoms with Crippen LogP contribution in [0, 0.1) is 0 Å². The lowest BCUT2D eigenvalue weighted by atomic mass is 9.86. The summed E-state index contributed by atoms with van der Waals surface area (Å²) in [6.07, 6.45) is 0. The Morgan fingerprint density at radius 1 is 0.241 bits per heavy atom. The normalized spacial score (nSPS) is 11.4. The summed E-state index contributed by atoms with van der Waals surface area (Å²) < 4.78 is 2.37. The highest BCUT2D eigenvalue weighted by Crippen LogP contribution is 2.44. The van der Waals surface area contributed by atoms with Gasteiger partial charge in [-0.05, 0) is 116 Å². The number of rotatable bonds is 7. The van der Waals surface area contributed by atoms with Gasteiger partial charge in [0.15, 0.2) is 0 Å². The van der Waals surface area contributed by atoms with E-state index < -0.39 is 0 Å². The summed E-state index contributed by atoms with van der Waals surface area (Å²) in [5.41, 5.74) is 14.3. The molecule has 0 atom stereocenters. The molecule has 58 heavy (non-hydrogen) atoms. The van der Waals surface area contributed by atoms with Crippen LogP contribution in [0.2, 0.25) is 0 Å². The van der Waals surface area contributed by atoms with Crippen LogP contribution in [-0.2, 0) is 0 Å². The van der Waals surface area contributed by atoms with Gasteiger partial charge in [0.05, 0.1) is 11.0 Å². The summed E-state index contributed by atoms with van der Waals surface area (Å²) in [7, 11) is 0. The van der Waals surface area contributed by atoms with Gasteiger partial charge in [0.25, 0.3) is 0 Å². The maximum atomic E-state index is 2.37. The molecule has 0 N–H and O–H groups in total. The first-order chi connectivity index (χ1) is 28.8. The van der Waals surface area contributed by atoms with Crippen LogP contribution in [0.4, 0.5) is 17.1 Å². The fourth-order valence-electron chi connectivity index (χ4n) is 8.96. The molecule has 1 aromatic heterocycles. The average Bonchev–Trinajstić information content (AvgIpc) is 3.64. The molecule has 0 spiro atoms. The molecule has 0 amide bonds. The summed E-state index contributed by atoms with van der Waals surface area (Å²) >= 11 is 0. The number of para-hydroxylation sites is 3. The molecule has 1 heterocycles. The zero-order valence-corrected chi connectivity index (χ0v) is 31.8. The van der Waals surface area contributed by atoms with E-state index in [1.165, 1.54) is 76.7 Å². The third-order valence-corrected chi connectivity index (χ3v) is 11.6. The van der Waals surface area contributed by atoms with Gasteiger partial charge < -0.3 is 9.47 Å². The molecular formula is C56H38N2. The van der Waals surface area contributed by atoms with Crippen molar-refractivity contribution in [3.8, 4) is 39.1 Å². The standard InChI is InChI=1S/C56H38N2/c1-3-15-41(16-4-1)55-49-21-7-9-23-51(49)56(52-24-10-8-22-50(52)55)42-29-27-39(28-30-42)40-31-33-44(34-32-40)57(43-17-5-2-6-18-43)45-35-37-46(38-36-45)58-53-25-13-11-19-47(53)48-20-12-14-26-54(48)58/h1-38H. The van der Waals surface area contributed by atoms with Crippen molar-refractivity contribution in [2.45, 2.75) is 0 Å². The van der Waals surface area contributed by atoms with Gasteiger partial charge >= 0.3 is 0 Å². The first kappa shape index (κ1) is 33.6. The molecule has 11 aromatic rings. The summed E-state index contributed by atoms with van der Waals surface area (Å²) in [6.45, 7) is 0. The van der Waals surface area contributed by atoms with Crippen LogP contribution >= 0.6 is 0 Å². The second-order valence-corrected chi connectivity index (χ2v) is 14.9. The predicted molar refractivity (Wildman–Crippen MR) is 247 cm³/mol. The Balaban J connectivity index is 0.944. The molecule has 0 saturated carbocycles. The van der Waals surface area contributed by atoms with Crippen LogP contribution < -0.4 is 4.90 Å². The highest BCUT2D eigenvalue weighted by molar-refractivity contribution is 6.21. The van der Waals surface area contributed by atoms with Gasteiger partial charge in [-0.3, -0.25) is 0 Å². The van der Waals surface area contributed by atoms with E-state index in [1.54, 1.807) is 0 Å². The van der Waals surface area contributed by atoms with Crippen molar-refractivity contribution >= 4 is 60.4 Å². The van der Waals surface area contributed by atoms with Gasteiger partial charge in [0.2, 0.25) is 0 Å². The fraction of sp³-hybridized carbons (Fsp3) is 0. The third kappa shape index (κ3) is 5.66. The van der Waals surface area contributed by atoms with Crippen molar-refractivity contribution in [2.75, 3.05) is 4.90 Å². The van der Waals surface area contributed by atoms with Crippen LogP contribution in [0.25, 0.3) is 82.4 Å². The molecule has 0 aliphatic carbocycles. The van der Waals surface area contributed by atoms with Gasteiger partial charge in [0.1, 0.15) is 0 Å². The summed E-state index contributed by atoms with van der Waals surface area (Å²) in [4.78, 5) is 2.33. The van der Waals surface area contributed by atoms with Gasteiger partial charge in [-0.1, -0.05) is 170 Å². The Morgan fingerprint density at radius 2 is 0.569 bits per heavy atom. The first-order valence-electron chi connectivity index (χ1n) is 19.9. The molecule has 272 valence electrons. The average molecular weight is 739 g/mol. The molecule has 0 saturated heterocycles. The predicted octanol–water partition coefficient (Wildman–Crippen LogP) is 15.6. The molecule has 0 aliphatic heterocycles. The topological polar surface area (TPSA) is 8.17 Å². The highest BCUT2D eigenvalue weighted by atomic mass is 15.1. The summed E-state index contributed by atoms with van der Waals surface area (Å²) in [6, 6.07) is 83.4. The van der Waals surface area contributed by atoms with E-state index in [1.807, 2.05) is 0 Å². The van der Waals surface area contributed by atoms with E-state index in [2.05, 4.69) is 240 Å². The van der Waals surface area contributed by atoms with Crippen molar-refractivity contribution in [1.29, 1.82) is 0 Å². The van der Waals surface area contributed by atoms with Crippen LogP contribution in [-0.4, -0.2) is 4.57 Å². The van der Waals surface area contributed by atoms with E-state index in [9.17, 15) is 0 Å². The Labute approximate surface area is 338 Å². The van der Waals surface area contributed by atoms with E-state index in [0.717, 1.165) is 22.7 Å². The molecule has 0 aliphatic rings. The minimum atomic E-state index is 1.10. The molecule has 2 heteroatoms. The SMILES string of the molecule is c1ccc(-c2c3ccccc3c(-c3ccc(-c4ccc(N(c5ccccc5)c5ccc(-n6c7ccccc7c7ccccc76)cc5)cc4)cc3)c3ccccc23)cc1. The second-order valence-electron chi connectivity index (χ2n) is 14.9. The van der Waals surface area contributed by atoms with Crippen LogP contribution in [0.3, 0.4) is 0 Å². The Bertz CT molecular complexity index is 3120. The molecule has 10 aromatic carbocycles. The minimum Gasteiger partial charge on any atom is -0.311 e. The van der Waals surface area contributed by atoms with Crippen LogP contribution in [0.1, 0.15) is 0 Å². The minimum absolute atomic E-state index is 1.10. The molecular weight excluding hydrogens is 701 g/mol. The van der Waals surface area contributed by atoms with Crippen LogP contribution in [0.5, 0.6) is 0 Å². The molecule has 0 bridgehead atoms. The van der Waals surface area contributed by atoms with E-state index in [-0.39, 0.29) is 0 Å². The van der Waals surface area contributed by atoms with Crippen molar-refractivity contribution in [3.05, 3.63) is 231 Å². The fourth-order valence-corrected chi connectivity index (χ4v) is 8.96. The first-order valence-corrected chi connectivity index (χ1v) is 19.9. The Morgan fingerprint density at radius 3 is 1.05 bits per heavy atom. The number of nitrogens with zero attached hydrogens (tertiary/aromatic N) is 2. The molecule has 0 radical (unpaired) electrons. The second kappa shape index (κ2) is 14.1. The summed E-state index contributed by atoms with van der Waals surface area (Å²) in [5, 5.41) is 7.60. The lowest BCUT2D eigenvalue weighted by Crippen LogP contribution is -2.10. The molecule has 0 fully saturated rings. The van der Waals surface area contributed by atoms with E-state index in [4.69, 9.17) is 0 Å². The number of hydrogen-bond donors (Lipinski definition) is 0. The largest absolute Gasteiger partial charge is 0.311 e. The van der Waals surface area contributed by atoms with Crippen molar-refractivity contribution in [2.24, 2.45) is 0 Å². The van der Waals surface area contributed by atoms with Crippen LogP contribution in [0.15, 0.2) is 231 Å². The quantitative estimate of drug-likeness (QED) is 0.148. The number of anilines is 3. The van der Waals surface area contributed by atoms with Gasteiger partial charge in [0, 0.05) is 33.5 Å². The highest BCUT2D eigenvalue weighted by Gasteiger charge is 2.18. The molecule has 2 nitrogen and oxygen atoms in total. The number of hydrogen-bond acceptors (Lipinski definition) is 1. The van der Waals surface area contributed by atoms with Crippen molar-refractivity contribution in [3.63, 3.8) is 0 Å². The van der Waals surface area contributed by atoms with E-state index >= 15 is 0 Å². The number of aromatic nitrogens is 1. The van der Waals surface area contributed by atoms with Gasteiger partial charge in [-0.2, -0.15) is 0 Å².